The molecule has 5 N–H and O–H groups in total. The summed E-state index contributed by atoms with van der Waals surface area (Å²) in [4.78, 5) is 0. The lowest BCUT2D eigenvalue weighted by molar-refractivity contribution is -0.398. The van der Waals surface area contributed by atoms with Crippen molar-refractivity contribution >= 4 is 0 Å². The van der Waals surface area contributed by atoms with Gasteiger partial charge in [-0.2, -0.15) is 39.5 Å². The van der Waals surface area contributed by atoms with E-state index in [4.69, 9.17) is 15.3 Å². The van der Waals surface area contributed by atoms with Gasteiger partial charge < -0.3 is 30.3 Å². The molecule has 0 bridgehead atoms. The molecule has 15 heteroatoms. The van der Waals surface area contributed by atoms with E-state index in [1.54, 1.807) is 0 Å². The maximum Gasteiger partial charge on any atom is 0.460 e. The van der Waals surface area contributed by atoms with E-state index in [9.17, 15) is 49.7 Å². The number of halogens is 9. The normalized spacial score (nSPS) is 18.9. The molecule has 0 radical (unpaired) electrons. The molecule has 0 fully saturated rings. The standard InChI is InChI=1S/C12H17F9O6/c13-9(14,10(15,16)11(17,18)12(19,20)21)1-5(23)3-27-4-7(25)8(26)6(24)2-22/h5-8,22-26H,1-4H2/t5?,6-,7+,8+/m1/s1. The first-order valence-corrected chi connectivity index (χ1v) is 7.03. The highest BCUT2D eigenvalue weighted by atomic mass is 19.4. The van der Waals surface area contributed by atoms with Gasteiger partial charge in [0.2, 0.25) is 0 Å². The minimum atomic E-state index is -7.08. The van der Waals surface area contributed by atoms with Crippen LogP contribution in [0.15, 0.2) is 0 Å². The van der Waals surface area contributed by atoms with Gasteiger partial charge in [-0.05, 0) is 0 Å². The topological polar surface area (TPSA) is 110 Å². The molecular formula is C12H17F9O6. The summed E-state index contributed by atoms with van der Waals surface area (Å²) in [7, 11) is 0. The Hall–Kier alpha value is -0.870. The monoisotopic (exact) mass is 428 g/mol. The Labute approximate surface area is 145 Å². The first kappa shape index (κ1) is 26.1. The minimum Gasteiger partial charge on any atom is -0.394 e. The van der Waals surface area contributed by atoms with E-state index in [2.05, 4.69) is 4.74 Å². The molecule has 0 rings (SSSR count). The van der Waals surface area contributed by atoms with Crippen molar-refractivity contribution in [3.8, 4) is 0 Å². The molecule has 0 spiro atoms. The highest BCUT2D eigenvalue weighted by Gasteiger charge is 2.81. The summed E-state index contributed by atoms with van der Waals surface area (Å²) < 4.78 is 118. The fourth-order valence-corrected chi connectivity index (χ4v) is 1.68. The predicted octanol–water partition coefficient (Wildman–Crippen LogP) is 0.297. The van der Waals surface area contributed by atoms with Gasteiger partial charge in [0.05, 0.1) is 25.9 Å². The molecule has 4 atom stereocenters. The molecule has 164 valence electrons. The summed E-state index contributed by atoms with van der Waals surface area (Å²) >= 11 is 0. The molecule has 0 aliphatic carbocycles. The average Bonchev–Trinajstić information content (AvgIpc) is 2.51. The van der Waals surface area contributed by atoms with Crippen molar-refractivity contribution in [2.24, 2.45) is 0 Å². The van der Waals surface area contributed by atoms with Crippen LogP contribution in [-0.2, 0) is 4.74 Å². The van der Waals surface area contributed by atoms with Gasteiger partial charge in [-0.25, -0.2) is 0 Å². The van der Waals surface area contributed by atoms with Crippen molar-refractivity contribution < 1.29 is 69.8 Å². The summed E-state index contributed by atoms with van der Waals surface area (Å²) in [5, 5.41) is 45.1. The molecule has 1 unspecified atom stereocenters. The largest absolute Gasteiger partial charge is 0.460 e. The number of ether oxygens (including phenoxy) is 1. The van der Waals surface area contributed by atoms with Gasteiger partial charge in [-0.1, -0.05) is 0 Å². The molecule has 0 aromatic rings. The van der Waals surface area contributed by atoms with Crippen molar-refractivity contribution in [1.82, 2.24) is 0 Å². The molecule has 0 aromatic heterocycles. The molecule has 0 heterocycles. The molecule has 0 aliphatic heterocycles. The van der Waals surface area contributed by atoms with E-state index < -0.39 is 74.6 Å². The minimum absolute atomic E-state index is 0.990. The lowest BCUT2D eigenvalue weighted by Crippen LogP contribution is -2.61. The molecule has 0 aromatic carbocycles. The highest BCUT2D eigenvalue weighted by molar-refractivity contribution is 5.01. The Morgan fingerprint density at radius 3 is 1.59 bits per heavy atom. The molecular weight excluding hydrogens is 411 g/mol. The molecule has 6 nitrogen and oxygen atoms in total. The fraction of sp³-hybridized carbons (Fsp3) is 1.00. The van der Waals surface area contributed by atoms with E-state index in [0.29, 0.717) is 0 Å². The second-order valence-electron chi connectivity index (χ2n) is 5.55. The third-order valence-electron chi connectivity index (χ3n) is 3.28. The van der Waals surface area contributed by atoms with Crippen LogP contribution in [0, 0.1) is 0 Å². The van der Waals surface area contributed by atoms with Gasteiger partial charge in [0.15, 0.2) is 0 Å². The van der Waals surface area contributed by atoms with Crippen LogP contribution >= 0.6 is 0 Å². The number of hydrogen-bond acceptors (Lipinski definition) is 6. The van der Waals surface area contributed by atoms with Crippen molar-refractivity contribution in [2.45, 2.75) is 54.8 Å². The Morgan fingerprint density at radius 1 is 0.704 bits per heavy atom. The van der Waals surface area contributed by atoms with Gasteiger partial charge in [0.25, 0.3) is 0 Å². The van der Waals surface area contributed by atoms with Crippen LogP contribution in [0.5, 0.6) is 0 Å². The van der Waals surface area contributed by atoms with Crippen molar-refractivity contribution in [3.63, 3.8) is 0 Å². The highest BCUT2D eigenvalue weighted by Crippen LogP contribution is 2.54. The first-order chi connectivity index (χ1) is 11.9. The second-order valence-corrected chi connectivity index (χ2v) is 5.55. The zero-order valence-electron chi connectivity index (χ0n) is 13.2. The summed E-state index contributed by atoms with van der Waals surface area (Å²) in [6.45, 7) is -3.30. The molecule has 0 amide bonds. The summed E-state index contributed by atoms with van der Waals surface area (Å²) in [6.07, 6.45) is -17.9. The summed E-state index contributed by atoms with van der Waals surface area (Å²) in [6, 6.07) is 0. The summed E-state index contributed by atoms with van der Waals surface area (Å²) in [5.74, 6) is -19.9. The van der Waals surface area contributed by atoms with Crippen molar-refractivity contribution in [3.05, 3.63) is 0 Å². The van der Waals surface area contributed by atoms with Gasteiger partial charge >= 0.3 is 23.9 Å². The Kier molecular flexibility index (Phi) is 8.79. The second kappa shape index (κ2) is 9.09. The number of rotatable bonds is 11. The van der Waals surface area contributed by atoms with E-state index in [1.165, 1.54) is 0 Å². The van der Waals surface area contributed by atoms with Crippen molar-refractivity contribution in [1.29, 1.82) is 0 Å². The quantitative estimate of drug-likeness (QED) is 0.303. The molecule has 0 saturated heterocycles. The van der Waals surface area contributed by atoms with Gasteiger partial charge in [-0.3, -0.25) is 0 Å². The lowest BCUT2D eigenvalue weighted by Gasteiger charge is -2.34. The number of aliphatic hydroxyl groups excluding tert-OH is 5. The van der Waals surface area contributed by atoms with E-state index in [0.717, 1.165) is 0 Å². The van der Waals surface area contributed by atoms with Crippen LogP contribution in [-0.4, -0.2) is 93.7 Å². The molecule has 0 saturated carbocycles. The van der Waals surface area contributed by atoms with Crippen LogP contribution in [0.3, 0.4) is 0 Å². The van der Waals surface area contributed by atoms with Crippen LogP contribution < -0.4 is 0 Å². The van der Waals surface area contributed by atoms with Crippen LogP contribution in [0.25, 0.3) is 0 Å². The van der Waals surface area contributed by atoms with E-state index in [-0.39, 0.29) is 0 Å². The van der Waals surface area contributed by atoms with Crippen LogP contribution in [0.2, 0.25) is 0 Å². The molecule has 0 aliphatic rings. The summed E-state index contributed by atoms with van der Waals surface area (Å²) in [5.41, 5.74) is 0. The first-order valence-electron chi connectivity index (χ1n) is 7.03. The fourth-order valence-electron chi connectivity index (χ4n) is 1.68. The maximum atomic E-state index is 13.2. The van der Waals surface area contributed by atoms with E-state index in [1.807, 2.05) is 0 Å². The number of hydrogen-bond donors (Lipinski definition) is 5. The SMILES string of the molecule is OC[C@@H](O)[C@H](O)[C@@H](O)COCC(O)CC(F)(F)C(F)(F)C(F)(F)C(F)(F)F. The zero-order chi connectivity index (χ0) is 21.8. The number of aliphatic hydroxyl groups is 5. The Balaban J connectivity index is 4.82. The van der Waals surface area contributed by atoms with E-state index >= 15 is 0 Å². The maximum absolute atomic E-state index is 13.2. The van der Waals surface area contributed by atoms with Gasteiger partial charge in [0.1, 0.15) is 18.3 Å². The van der Waals surface area contributed by atoms with Crippen molar-refractivity contribution in [2.75, 3.05) is 19.8 Å². The third kappa shape index (κ3) is 6.05. The zero-order valence-corrected chi connectivity index (χ0v) is 13.2. The number of alkyl halides is 9. The third-order valence-corrected chi connectivity index (χ3v) is 3.28. The van der Waals surface area contributed by atoms with Gasteiger partial charge in [-0.15, -0.1) is 0 Å². The van der Waals surface area contributed by atoms with Crippen LogP contribution in [0.4, 0.5) is 39.5 Å². The van der Waals surface area contributed by atoms with Crippen LogP contribution in [0.1, 0.15) is 6.42 Å². The average molecular weight is 428 g/mol. The smallest absolute Gasteiger partial charge is 0.394 e. The predicted molar refractivity (Wildman–Crippen MR) is 67.4 cm³/mol. The molecule has 27 heavy (non-hydrogen) atoms. The Morgan fingerprint density at radius 2 is 1.19 bits per heavy atom. The van der Waals surface area contributed by atoms with Gasteiger partial charge in [0, 0.05) is 6.42 Å². The lowest BCUT2D eigenvalue weighted by atomic mass is 9.98. The Bertz CT molecular complexity index is 459.